The fourth-order valence-corrected chi connectivity index (χ4v) is 4.73. The molecule has 0 saturated carbocycles. The van der Waals surface area contributed by atoms with E-state index in [1.165, 1.54) is 10.1 Å². The first-order chi connectivity index (χ1) is 15.9. The molecule has 0 bridgehead atoms. The number of ether oxygens (including phenoxy) is 1. The molecule has 0 amide bonds. The van der Waals surface area contributed by atoms with Crippen LogP contribution >= 0.6 is 0 Å². The smallest absolute Gasteiger partial charge is 0.350 e. The third kappa shape index (κ3) is 4.16. The number of pyridine rings is 1. The molecular weight excluding hydrogens is 416 g/mol. The standard InChI is InChI=1S/C25H30N6O2/c1-7-19-15-30(16(2)14-31(19)17(3)18-8-10-20(33-6)11-9-18)24-23-21(29(5)25(32)28-24)12-13-22(26-4)27-23/h8-13,16-17,19H,7,14-15H2,1-3,5-6H3/t16-,17?,19+/m0/s1. The van der Waals surface area contributed by atoms with Crippen molar-refractivity contribution in [1.29, 1.82) is 0 Å². The van der Waals surface area contributed by atoms with E-state index in [0.717, 1.165) is 25.3 Å². The normalized spacial score (nSPS) is 19.9. The zero-order chi connectivity index (χ0) is 23.7. The van der Waals surface area contributed by atoms with Crippen LogP contribution in [0.2, 0.25) is 0 Å². The minimum Gasteiger partial charge on any atom is -0.497 e. The Kier molecular flexibility index (Phi) is 6.34. The number of piperazine rings is 1. The van der Waals surface area contributed by atoms with Crippen LogP contribution in [0.15, 0.2) is 41.2 Å². The van der Waals surface area contributed by atoms with Gasteiger partial charge in [-0.3, -0.25) is 9.47 Å². The third-order valence-corrected chi connectivity index (χ3v) is 6.76. The van der Waals surface area contributed by atoms with Gasteiger partial charge in [0, 0.05) is 38.3 Å². The van der Waals surface area contributed by atoms with Crippen LogP contribution in [0.4, 0.5) is 11.6 Å². The van der Waals surface area contributed by atoms with Crippen molar-refractivity contribution in [2.45, 2.75) is 45.3 Å². The fourth-order valence-electron chi connectivity index (χ4n) is 4.73. The predicted molar refractivity (Wildman–Crippen MR) is 130 cm³/mol. The highest BCUT2D eigenvalue weighted by Crippen LogP contribution is 2.33. The summed E-state index contributed by atoms with van der Waals surface area (Å²) in [5, 5.41) is 0. The molecule has 0 radical (unpaired) electrons. The number of hydrogen-bond donors (Lipinski definition) is 0. The Hall–Kier alpha value is -3.44. The van der Waals surface area contributed by atoms with Crippen molar-refractivity contribution in [2.24, 2.45) is 7.05 Å². The van der Waals surface area contributed by atoms with Crippen LogP contribution in [-0.4, -0.2) is 51.7 Å². The lowest BCUT2D eigenvalue weighted by molar-refractivity contribution is 0.105. The summed E-state index contributed by atoms with van der Waals surface area (Å²) in [6.45, 7) is 15.5. The highest BCUT2D eigenvalue weighted by atomic mass is 16.5. The molecular formula is C25H30N6O2. The van der Waals surface area contributed by atoms with Gasteiger partial charge in [0.15, 0.2) is 5.82 Å². The summed E-state index contributed by atoms with van der Waals surface area (Å²) in [5.41, 5.74) is 2.22. The summed E-state index contributed by atoms with van der Waals surface area (Å²) >= 11 is 0. The maximum Gasteiger partial charge on any atom is 0.350 e. The number of hydrogen-bond acceptors (Lipinski definition) is 6. The molecule has 3 atom stereocenters. The van der Waals surface area contributed by atoms with E-state index in [4.69, 9.17) is 11.3 Å². The molecule has 0 spiro atoms. The number of anilines is 1. The van der Waals surface area contributed by atoms with E-state index < -0.39 is 0 Å². The van der Waals surface area contributed by atoms with E-state index in [9.17, 15) is 4.79 Å². The van der Waals surface area contributed by atoms with Crippen LogP contribution in [0.1, 0.15) is 38.8 Å². The first kappa shape index (κ1) is 22.7. The van der Waals surface area contributed by atoms with E-state index in [1.807, 2.05) is 12.1 Å². The summed E-state index contributed by atoms with van der Waals surface area (Å²) in [5.74, 6) is 1.73. The first-order valence-electron chi connectivity index (χ1n) is 11.3. The van der Waals surface area contributed by atoms with Gasteiger partial charge in [-0.1, -0.05) is 25.6 Å². The highest BCUT2D eigenvalue weighted by molar-refractivity contribution is 5.87. The van der Waals surface area contributed by atoms with Crippen molar-refractivity contribution >= 4 is 22.7 Å². The number of aromatic nitrogens is 3. The van der Waals surface area contributed by atoms with Gasteiger partial charge in [-0.15, -0.1) is 4.98 Å². The SMILES string of the molecule is [C-]#[N+]c1ccc2c(n1)c(N1C[C@@H](CC)N(C(C)c3ccc(OC)cc3)C[C@@H]1C)nc(=O)n2C. The lowest BCUT2D eigenvalue weighted by Gasteiger charge is -2.48. The lowest BCUT2D eigenvalue weighted by atomic mass is 9.98. The molecule has 0 N–H and O–H groups in total. The monoisotopic (exact) mass is 446 g/mol. The Morgan fingerprint density at radius 3 is 2.55 bits per heavy atom. The van der Waals surface area contributed by atoms with E-state index >= 15 is 0 Å². The van der Waals surface area contributed by atoms with Gasteiger partial charge in [0.2, 0.25) is 5.52 Å². The molecule has 0 aliphatic carbocycles. The van der Waals surface area contributed by atoms with Gasteiger partial charge in [0.05, 0.1) is 12.6 Å². The quantitative estimate of drug-likeness (QED) is 0.553. The molecule has 1 aliphatic rings. The van der Waals surface area contributed by atoms with Gasteiger partial charge < -0.3 is 14.5 Å². The number of rotatable bonds is 5. The predicted octanol–water partition coefficient (Wildman–Crippen LogP) is 3.94. The topological polar surface area (TPSA) is 67.9 Å². The van der Waals surface area contributed by atoms with Gasteiger partial charge in [0.25, 0.3) is 5.82 Å². The molecule has 1 aliphatic heterocycles. The molecule has 2 aromatic heterocycles. The lowest BCUT2D eigenvalue weighted by Crippen LogP contribution is -2.58. The van der Waals surface area contributed by atoms with Crippen LogP contribution in [0.25, 0.3) is 15.9 Å². The van der Waals surface area contributed by atoms with Gasteiger partial charge in [0.1, 0.15) is 5.75 Å². The van der Waals surface area contributed by atoms with Crippen LogP contribution in [0.3, 0.4) is 0 Å². The second-order valence-corrected chi connectivity index (χ2v) is 8.64. The van der Waals surface area contributed by atoms with E-state index in [2.05, 4.69) is 57.5 Å². The highest BCUT2D eigenvalue weighted by Gasteiger charge is 2.36. The van der Waals surface area contributed by atoms with E-state index in [1.54, 1.807) is 26.3 Å². The van der Waals surface area contributed by atoms with E-state index in [0.29, 0.717) is 22.7 Å². The minimum atomic E-state index is -0.316. The maximum atomic E-state index is 12.6. The van der Waals surface area contributed by atoms with Crippen molar-refractivity contribution in [2.75, 3.05) is 25.1 Å². The van der Waals surface area contributed by atoms with Gasteiger partial charge in [-0.05, 0) is 50.1 Å². The molecule has 3 aromatic rings. The van der Waals surface area contributed by atoms with Gasteiger partial charge >= 0.3 is 5.69 Å². The van der Waals surface area contributed by atoms with Crippen LogP contribution in [0.5, 0.6) is 5.75 Å². The van der Waals surface area contributed by atoms with E-state index in [-0.39, 0.29) is 23.8 Å². The largest absolute Gasteiger partial charge is 0.497 e. The van der Waals surface area contributed by atoms with Crippen molar-refractivity contribution in [3.05, 3.63) is 63.9 Å². The van der Waals surface area contributed by atoms with Crippen molar-refractivity contribution in [3.63, 3.8) is 0 Å². The van der Waals surface area contributed by atoms with Crippen LogP contribution in [0, 0.1) is 6.57 Å². The molecule has 172 valence electrons. The first-order valence-corrected chi connectivity index (χ1v) is 11.3. The number of fused-ring (bicyclic) bond motifs is 1. The van der Waals surface area contributed by atoms with Crippen molar-refractivity contribution in [3.8, 4) is 5.75 Å². The Balaban J connectivity index is 1.69. The number of aryl methyl sites for hydroxylation is 1. The third-order valence-electron chi connectivity index (χ3n) is 6.76. The van der Waals surface area contributed by atoms with Gasteiger partial charge in [-0.25, -0.2) is 4.79 Å². The molecule has 1 fully saturated rings. The average Bonchev–Trinajstić information content (AvgIpc) is 2.85. The molecule has 1 aromatic carbocycles. The molecule has 33 heavy (non-hydrogen) atoms. The van der Waals surface area contributed by atoms with Gasteiger partial charge in [-0.2, -0.15) is 4.98 Å². The summed E-state index contributed by atoms with van der Waals surface area (Å²) < 4.78 is 6.80. The van der Waals surface area contributed by atoms with Crippen molar-refractivity contribution in [1.82, 2.24) is 19.4 Å². The number of nitrogens with zero attached hydrogens (tertiary/aromatic N) is 6. The molecule has 8 nitrogen and oxygen atoms in total. The summed E-state index contributed by atoms with van der Waals surface area (Å²) in [6.07, 6.45) is 0.965. The summed E-state index contributed by atoms with van der Waals surface area (Å²) in [7, 11) is 3.37. The summed E-state index contributed by atoms with van der Waals surface area (Å²) in [6, 6.07) is 12.3. The van der Waals surface area contributed by atoms with Crippen LogP contribution in [-0.2, 0) is 7.05 Å². The average molecular weight is 447 g/mol. The Morgan fingerprint density at radius 2 is 1.91 bits per heavy atom. The Labute approximate surface area is 194 Å². The van der Waals surface area contributed by atoms with Crippen LogP contribution < -0.4 is 15.3 Å². The second kappa shape index (κ2) is 9.20. The maximum absolute atomic E-state index is 12.6. The summed E-state index contributed by atoms with van der Waals surface area (Å²) in [4.78, 5) is 29.8. The fraction of sp³-hybridized carbons (Fsp3) is 0.440. The minimum absolute atomic E-state index is 0.120. The molecule has 1 unspecified atom stereocenters. The number of methoxy groups -OCH3 is 1. The zero-order valence-electron chi connectivity index (χ0n) is 19.8. The second-order valence-electron chi connectivity index (χ2n) is 8.64. The van der Waals surface area contributed by atoms with Crippen molar-refractivity contribution < 1.29 is 4.74 Å². The molecule has 4 rings (SSSR count). The molecule has 3 heterocycles. The zero-order valence-corrected chi connectivity index (χ0v) is 19.8. The number of benzene rings is 1. The molecule has 8 heteroatoms. The Bertz CT molecular complexity index is 1250. The Morgan fingerprint density at radius 1 is 1.18 bits per heavy atom. The molecule has 1 saturated heterocycles.